The number of benzene rings is 1. The number of likely N-dealkylation sites (N-methyl/N-ethyl adjacent to an activating group) is 1. The monoisotopic (exact) mass is 759 g/mol. The number of hydrogen-bond donors (Lipinski definition) is 8. The third-order valence-electron chi connectivity index (χ3n) is 7.62. The van der Waals surface area contributed by atoms with Crippen LogP contribution in [0, 0.1) is 19.3 Å². The molecule has 0 saturated carbocycles. The molecule has 4 atom stereocenters. The molecule has 0 fully saturated rings. The molecule has 19 heteroatoms. The maximum absolute atomic E-state index is 12.2. The van der Waals surface area contributed by atoms with Crippen LogP contribution in [0.3, 0.4) is 0 Å². The topological polar surface area (TPSA) is 257 Å². The number of quaternary nitrogens is 1. The van der Waals surface area contributed by atoms with Crippen LogP contribution < -0.4 is 16.6 Å². The standard InChI is InChI=1S/C17H20N4O6.C14H28N2O5.Ca.ClH.2H/c1-7-3-9-10(4-8(7)2)21(5-11(23)14(25)12(24)6-22)15-13(18-9)16(26)20-17(27)19-15;1-14(2,10-17)12(19)13(20)15-7-6-11(18)21-9-8-16(3,4)5;;;;/h3-4,11-12,14,22-25H,5-6H2,1-2H3,(H,20,26,27);12,17,19H,6-10H2,1-5H3;;1H;;/q;;+2;;2*-1/p+1/t11-,12+,14-;12-;;;;/m00..../s1. The Morgan fingerprint density at radius 1 is 1.04 bits per heavy atom. The van der Waals surface area contributed by atoms with Crippen LogP contribution in [0.2, 0.25) is 0 Å². The summed E-state index contributed by atoms with van der Waals surface area (Å²) >= 11 is 0. The van der Waals surface area contributed by atoms with Crippen LogP contribution in [0.1, 0.15) is 34.2 Å². The smallest absolute Gasteiger partial charge is 1.00 e. The summed E-state index contributed by atoms with van der Waals surface area (Å²) in [7, 11) is 6.00. The summed E-state index contributed by atoms with van der Waals surface area (Å²) < 4.78 is 7.14. The van der Waals surface area contributed by atoms with Crippen molar-refractivity contribution in [2.75, 3.05) is 54.1 Å². The van der Waals surface area contributed by atoms with Gasteiger partial charge in [0.15, 0.2) is 11.5 Å². The normalized spacial score (nSPS) is 13.9. The number of fused-ring (bicyclic) bond motifs is 2. The number of hydrogen-bond acceptors (Lipinski definition) is 13. The Morgan fingerprint density at radius 2 is 1.64 bits per heavy atom. The summed E-state index contributed by atoms with van der Waals surface area (Å²) in [5, 5.41) is 60.1. The van der Waals surface area contributed by atoms with E-state index in [1.165, 1.54) is 4.57 Å². The van der Waals surface area contributed by atoms with Gasteiger partial charge >= 0.3 is 49.4 Å². The average molecular weight is 760 g/mol. The van der Waals surface area contributed by atoms with Gasteiger partial charge in [-0.25, -0.2) is 9.78 Å². The fraction of sp³-hybridized carbons (Fsp3) is 0.613. The molecular weight excluding hydrogens is 708 g/mol. The average Bonchev–Trinajstić information content (AvgIpc) is 3.00. The van der Waals surface area contributed by atoms with Crippen LogP contribution in [0.4, 0.5) is 0 Å². The van der Waals surface area contributed by atoms with E-state index >= 15 is 0 Å². The summed E-state index contributed by atoms with van der Waals surface area (Å²) in [6.45, 7) is 6.71. The number of rotatable bonds is 14. The molecule has 0 radical (unpaired) electrons. The number of nitrogens with one attached hydrogen (secondary N) is 2. The predicted octanol–water partition coefficient (Wildman–Crippen LogP) is -2.34. The van der Waals surface area contributed by atoms with Crippen molar-refractivity contribution in [3.05, 3.63) is 44.1 Å². The Bertz CT molecular complexity index is 1660. The van der Waals surface area contributed by atoms with E-state index < -0.39 is 53.6 Å². The van der Waals surface area contributed by atoms with Gasteiger partial charge in [-0.15, -0.1) is 12.4 Å². The minimum Gasteiger partial charge on any atom is -1.00 e. The van der Waals surface area contributed by atoms with E-state index in [9.17, 15) is 39.6 Å². The molecule has 0 bridgehead atoms. The van der Waals surface area contributed by atoms with Crippen LogP contribution in [0.15, 0.2) is 21.7 Å². The number of aliphatic hydroxyl groups excluding tert-OH is 6. The van der Waals surface area contributed by atoms with Crippen molar-refractivity contribution in [2.45, 2.75) is 65.1 Å². The van der Waals surface area contributed by atoms with Crippen LogP contribution in [-0.4, -0.2) is 183 Å². The van der Waals surface area contributed by atoms with Gasteiger partial charge in [-0.2, -0.15) is 4.98 Å². The Morgan fingerprint density at radius 3 is 2.20 bits per heavy atom. The first kappa shape index (κ1) is 47.7. The summed E-state index contributed by atoms with van der Waals surface area (Å²) in [6.07, 6.45) is -5.95. The molecule has 2 aliphatic heterocycles. The van der Waals surface area contributed by atoms with Crippen LogP contribution in [0.25, 0.3) is 22.6 Å². The molecule has 0 unspecified atom stereocenters. The molecule has 2 aliphatic rings. The van der Waals surface area contributed by atoms with Crippen LogP contribution in [-0.2, 0) is 20.9 Å². The minimum absolute atomic E-state index is 0. The van der Waals surface area contributed by atoms with Crippen molar-refractivity contribution >= 4 is 73.1 Å². The second kappa shape index (κ2) is 20.7. The van der Waals surface area contributed by atoms with E-state index in [-0.39, 0.29) is 96.6 Å². The zero-order valence-electron chi connectivity index (χ0n) is 31.5. The van der Waals surface area contributed by atoms with Crippen LogP contribution >= 0.6 is 12.4 Å². The number of ether oxygens (including phenoxy) is 1. The Hall–Kier alpha value is -2.29. The molecule has 280 valence electrons. The largest absolute Gasteiger partial charge is 2.00 e. The summed E-state index contributed by atoms with van der Waals surface area (Å²) in [5.74, 6) is -1.04. The molecule has 0 saturated heterocycles. The van der Waals surface area contributed by atoms with Crippen molar-refractivity contribution in [2.24, 2.45) is 5.41 Å². The van der Waals surface area contributed by atoms with Gasteiger partial charge in [-0.05, 0) is 37.1 Å². The number of aliphatic hydroxyl groups is 6. The van der Waals surface area contributed by atoms with E-state index in [4.69, 9.17) is 14.9 Å². The second-order valence-corrected chi connectivity index (χ2v) is 13.3. The SMILES string of the molecule is CC(C)(CO)[C@@H](O)C(=O)NCCC(=O)OCC[N+](C)(C)C.Cc1cc2nc3c(=O)[nH]c(=O)nc-3n(C[C@H](O)[C@H](O)[C@H](O)CO)c2cc1C.Cl.[Ca+2].[H-].[H-]. The van der Waals surface area contributed by atoms with Crippen LogP contribution in [0.5, 0.6) is 0 Å². The Kier molecular flexibility index (Phi) is 19.7. The van der Waals surface area contributed by atoms with Gasteiger partial charge in [-0.1, -0.05) is 13.8 Å². The second-order valence-electron chi connectivity index (χ2n) is 13.3. The molecule has 1 aromatic rings. The molecule has 3 rings (SSSR count). The molecule has 8 N–H and O–H groups in total. The van der Waals surface area contributed by atoms with Gasteiger partial charge in [0, 0.05) is 12.0 Å². The minimum atomic E-state index is -1.64. The number of aryl methyl sites for hydroxylation is 2. The summed E-state index contributed by atoms with van der Waals surface area (Å²) in [5.41, 5.74) is 0.191. The fourth-order valence-corrected chi connectivity index (χ4v) is 4.23. The van der Waals surface area contributed by atoms with Crippen molar-refractivity contribution in [3.8, 4) is 11.5 Å². The Balaban J connectivity index is -0.000000885. The van der Waals surface area contributed by atoms with E-state index in [2.05, 4.69) is 20.3 Å². The van der Waals surface area contributed by atoms with Gasteiger partial charge < -0.3 is 52.6 Å². The zero-order valence-corrected chi connectivity index (χ0v) is 32.6. The number of nitrogens with zero attached hydrogens (tertiary/aromatic N) is 4. The van der Waals surface area contributed by atoms with E-state index in [0.717, 1.165) is 11.1 Å². The maximum Gasteiger partial charge on any atom is 2.00 e. The number of carbonyl (C=O) groups is 2. The van der Waals surface area contributed by atoms with E-state index in [1.54, 1.807) is 26.0 Å². The zero-order chi connectivity index (χ0) is 36.6. The Labute approximate surface area is 328 Å². The maximum atomic E-state index is 12.2. The fourth-order valence-electron chi connectivity index (χ4n) is 4.23. The molecular formula is C31H52CaClN6O11+. The molecule has 17 nitrogen and oxygen atoms in total. The molecule has 2 heterocycles. The van der Waals surface area contributed by atoms with Gasteiger partial charge in [0.25, 0.3) is 5.56 Å². The van der Waals surface area contributed by atoms with E-state index in [0.29, 0.717) is 28.7 Å². The first-order chi connectivity index (χ1) is 22.2. The molecule has 0 spiro atoms. The van der Waals surface area contributed by atoms with Gasteiger partial charge in [0.2, 0.25) is 5.91 Å². The van der Waals surface area contributed by atoms with Gasteiger partial charge in [-0.3, -0.25) is 19.4 Å². The number of aromatic amines is 1. The third-order valence-corrected chi connectivity index (χ3v) is 7.62. The number of carbonyl (C=O) groups excluding carboxylic acids is 2. The van der Waals surface area contributed by atoms with Gasteiger partial charge in [0.1, 0.15) is 37.6 Å². The summed E-state index contributed by atoms with van der Waals surface area (Å²) in [6, 6.07) is 3.53. The number of H-pyrrole nitrogens is 1. The molecule has 50 heavy (non-hydrogen) atoms. The first-order valence-electron chi connectivity index (χ1n) is 15.3. The number of amides is 1. The predicted molar refractivity (Wildman–Crippen MR) is 189 cm³/mol. The summed E-state index contributed by atoms with van der Waals surface area (Å²) in [4.78, 5) is 57.1. The number of halogens is 1. The molecule has 1 aromatic carbocycles. The number of esters is 1. The van der Waals surface area contributed by atoms with Gasteiger partial charge in [0.05, 0.1) is 58.4 Å². The molecule has 0 aromatic heterocycles. The third kappa shape index (κ3) is 13.7. The van der Waals surface area contributed by atoms with Crippen molar-refractivity contribution in [3.63, 3.8) is 0 Å². The van der Waals surface area contributed by atoms with Crippen molar-refractivity contribution < 1.29 is 52.3 Å². The molecule has 1 amide bonds. The first-order valence-corrected chi connectivity index (χ1v) is 15.3. The van der Waals surface area contributed by atoms with Crippen molar-refractivity contribution in [1.29, 1.82) is 0 Å². The molecule has 0 aliphatic carbocycles. The number of aromatic nitrogens is 4. The van der Waals surface area contributed by atoms with Crippen molar-refractivity contribution in [1.82, 2.24) is 24.8 Å². The quantitative estimate of drug-likeness (QED) is 0.0372. The van der Waals surface area contributed by atoms with E-state index in [1.807, 2.05) is 35.0 Å².